The Kier molecular flexibility index (Phi) is 7.06. The van der Waals surface area contributed by atoms with Crippen molar-refractivity contribution < 1.29 is 53.4 Å². The lowest BCUT2D eigenvalue weighted by atomic mass is 10.1. The molecule has 2 unspecified atom stereocenters. The molecule has 0 amide bonds. The third-order valence-electron chi connectivity index (χ3n) is 3.50. The first-order valence-electron chi connectivity index (χ1n) is 8.16. The zero-order valence-corrected chi connectivity index (χ0v) is 15.1. The van der Waals surface area contributed by atoms with Gasteiger partial charge in [-0.25, -0.2) is 38.7 Å². The number of ether oxygens (including phenoxy) is 1. The predicted molar refractivity (Wildman–Crippen MR) is 90.9 cm³/mol. The van der Waals surface area contributed by atoms with Crippen molar-refractivity contribution in [3.05, 3.63) is 42.0 Å². The van der Waals surface area contributed by atoms with Crippen LogP contribution in [0.4, 0.5) is 0 Å². The van der Waals surface area contributed by atoms with Crippen LogP contribution in [0.1, 0.15) is 12.0 Å². The number of carbonyl (C=O) groups is 5. The molecule has 5 N–H and O–H groups in total. The van der Waals surface area contributed by atoms with Crippen molar-refractivity contribution >= 4 is 29.8 Å². The smallest absolute Gasteiger partial charge is 0.414 e. The average molecular weight is 424 g/mol. The maximum absolute atomic E-state index is 12.3. The van der Waals surface area contributed by atoms with Gasteiger partial charge in [-0.05, 0) is 24.1 Å². The van der Waals surface area contributed by atoms with Crippen molar-refractivity contribution in [3.8, 4) is 5.75 Å². The second-order valence-corrected chi connectivity index (χ2v) is 5.93. The van der Waals surface area contributed by atoms with E-state index in [0.717, 1.165) is 0 Å². The van der Waals surface area contributed by atoms with E-state index in [1.165, 1.54) is 24.3 Å². The van der Waals surface area contributed by atoms with Crippen molar-refractivity contribution in [2.75, 3.05) is 0 Å². The molecule has 160 valence electrons. The van der Waals surface area contributed by atoms with Gasteiger partial charge < -0.3 is 15.6 Å². The van der Waals surface area contributed by atoms with Crippen LogP contribution in [0.15, 0.2) is 36.4 Å². The molecule has 30 heavy (non-hydrogen) atoms. The number of aromatic hydroxyl groups is 1. The number of carbonyl (C=O) groups excluding carboxylic acids is 5. The van der Waals surface area contributed by atoms with E-state index in [2.05, 4.69) is 19.6 Å². The summed E-state index contributed by atoms with van der Waals surface area (Å²) in [5.74, 6) is -6.82. The molecule has 2 atom stereocenters. The Morgan fingerprint density at radius 2 is 1.60 bits per heavy atom. The Morgan fingerprint density at radius 1 is 1.03 bits per heavy atom. The zero-order chi connectivity index (χ0) is 22.3. The van der Waals surface area contributed by atoms with E-state index in [9.17, 15) is 29.1 Å². The molecular formula is C17H16N2O11. The number of esters is 1. The maximum Gasteiger partial charge on any atom is 0.414 e. The largest absolute Gasteiger partial charge is 0.508 e. The monoisotopic (exact) mass is 424 g/mol. The van der Waals surface area contributed by atoms with Gasteiger partial charge in [0.2, 0.25) is 0 Å². The molecule has 0 aromatic heterocycles. The van der Waals surface area contributed by atoms with Gasteiger partial charge in [-0.2, -0.15) is 0 Å². The molecule has 1 aliphatic heterocycles. The third-order valence-corrected chi connectivity index (χ3v) is 3.50. The van der Waals surface area contributed by atoms with Crippen LogP contribution in [0.5, 0.6) is 5.75 Å². The van der Waals surface area contributed by atoms with Gasteiger partial charge >= 0.3 is 29.8 Å². The molecular weight excluding hydrogens is 408 g/mol. The molecule has 1 aromatic carbocycles. The first kappa shape index (κ1) is 22.3. The van der Waals surface area contributed by atoms with Crippen molar-refractivity contribution in [1.29, 1.82) is 0 Å². The summed E-state index contributed by atoms with van der Waals surface area (Å²) in [6, 6.07) is 4.36. The van der Waals surface area contributed by atoms with Crippen LogP contribution in [0, 0.1) is 0 Å². The highest BCUT2D eigenvalue weighted by atomic mass is 17.2. The number of hydrogen-bond acceptors (Lipinski definition) is 13. The minimum atomic E-state index is -2.82. The van der Waals surface area contributed by atoms with Gasteiger partial charge in [-0.1, -0.05) is 12.1 Å². The van der Waals surface area contributed by atoms with Gasteiger partial charge in [0.05, 0.1) is 0 Å². The van der Waals surface area contributed by atoms with E-state index in [-0.39, 0.29) is 12.2 Å². The number of benzene rings is 1. The van der Waals surface area contributed by atoms with Crippen LogP contribution in [0.25, 0.3) is 0 Å². The van der Waals surface area contributed by atoms with Crippen LogP contribution >= 0.6 is 0 Å². The summed E-state index contributed by atoms with van der Waals surface area (Å²) < 4.78 is 4.82. The standard InChI is InChI=1S/C17H16N2O11/c18-11(7-9-1-3-10(20)4-2-9)15(24)26-17(19)8-14(23)29-27-12(21)5-6-13(22)28-30-16(17)25/h1-6,11,20H,7-8,18-19H2/b6-5+. The van der Waals surface area contributed by atoms with Crippen LogP contribution < -0.4 is 11.5 Å². The van der Waals surface area contributed by atoms with Crippen molar-refractivity contribution in [1.82, 2.24) is 0 Å². The fraction of sp³-hybridized carbons (Fsp3) is 0.235. The third kappa shape index (κ3) is 6.29. The minimum absolute atomic E-state index is 0.00428. The lowest BCUT2D eigenvalue weighted by Crippen LogP contribution is -2.56. The molecule has 0 bridgehead atoms. The first-order valence-corrected chi connectivity index (χ1v) is 8.16. The molecule has 1 aromatic rings. The van der Waals surface area contributed by atoms with E-state index < -0.39 is 48.0 Å². The van der Waals surface area contributed by atoms with Crippen molar-refractivity contribution in [2.24, 2.45) is 11.5 Å². The lowest BCUT2D eigenvalue weighted by Gasteiger charge is -2.26. The van der Waals surface area contributed by atoms with Crippen LogP contribution in [-0.4, -0.2) is 46.7 Å². The molecule has 0 aliphatic carbocycles. The van der Waals surface area contributed by atoms with Gasteiger partial charge in [-0.15, -0.1) is 0 Å². The molecule has 13 nitrogen and oxygen atoms in total. The number of hydrogen-bond donors (Lipinski definition) is 3. The van der Waals surface area contributed by atoms with Crippen LogP contribution in [0.2, 0.25) is 0 Å². The molecule has 0 fully saturated rings. The van der Waals surface area contributed by atoms with E-state index in [0.29, 0.717) is 17.7 Å². The number of phenols is 1. The first-order chi connectivity index (χ1) is 14.1. The summed E-state index contributed by atoms with van der Waals surface area (Å²) in [5.41, 5.74) is 9.09. The predicted octanol–water partition coefficient (Wildman–Crippen LogP) is -1.58. The van der Waals surface area contributed by atoms with E-state index in [1.54, 1.807) is 0 Å². The SMILES string of the molecule is NC(Cc1ccc(O)cc1)C(=O)OC1(N)CC(=O)OOC(=O)/C=C/C(=O)OOC1=O. The number of phenolic OH excluding ortho intramolecular Hbond substituents is 1. The van der Waals surface area contributed by atoms with Crippen LogP contribution in [0.3, 0.4) is 0 Å². The summed E-state index contributed by atoms with van der Waals surface area (Å²) in [7, 11) is 0. The summed E-state index contributed by atoms with van der Waals surface area (Å²) >= 11 is 0. The Balaban J connectivity index is 2.14. The van der Waals surface area contributed by atoms with Crippen molar-refractivity contribution in [3.63, 3.8) is 0 Å². The lowest BCUT2D eigenvalue weighted by molar-refractivity contribution is -0.274. The highest BCUT2D eigenvalue weighted by molar-refractivity contribution is 5.93. The van der Waals surface area contributed by atoms with Crippen LogP contribution in [-0.2, 0) is 54.7 Å². The normalized spacial score (nSPS) is 22.2. The maximum atomic E-state index is 12.3. The van der Waals surface area contributed by atoms with Gasteiger partial charge in [0, 0.05) is 12.2 Å². The quantitative estimate of drug-likeness (QED) is 0.284. The Hall–Kier alpha value is -3.97. The fourth-order valence-corrected chi connectivity index (χ4v) is 2.05. The molecule has 0 saturated heterocycles. The summed E-state index contributed by atoms with van der Waals surface area (Å²) in [6.45, 7) is 0. The van der Waals surface area contributed by atoms with Gasteiger partial charge in [0.25, 0.3) is 5.72 Å². The van der Waals surface area contributed by atoms with E-state index in [1.807, 2.05) is 0 Å². The highest BCUT2D eigenvalue weighted by Gasteiger charge is 2.46. The van der Waals surface area contributed by atoms with Gasteiger partial charge in [0.1, 0.15) is 18.2 Å². The Labute approximate surface area is 167 Å². The molecule has 1 aliphatic rings. The topological polar surface area (TPSA) is 204 Å². The van der Waals surface area contributed by atoms with Crippen molar-refractivity contribution in [2.45, 2.75) is 24.6 Å². The Bertz CT molecular complexity index is 880. The summed E-state index contributed by atoms with van der Waals surface area (Å²) in [4.78, 5) is 75.2. The molecule has 0 saturated carbocycles. The highest BCUT2D eigenvalue weighted by Crippen LogP contribution is 2.17. The average Bonchev–Trinajstić information content (AvgIpc) is 2.69. The van der Waals surface area contributed by atoms with Gasteiger partial charge in [0.15, 0.2) is 0 Å². The second-order valence-electron chi connectivity index (χ2n) is 5.93. The molecule has 2 rings (SSSR count). The summed E-state index contributed by atoms with van der Waals surface area (Å²) in [5, 5.41) is 9.26. The fourth-order valence-electron chi connectivity index (χ4n) is 2.05. The van der Waals surface area contributed by atoms with E-state index in [4.69, 9.17) is 16.2 Å². The zero-order valence-electron chi connectivity index (χ0n) is 15.1. The molecule has 13 heteroatoms. The number of rotatable bonds is 4. The summed E-state index contributed by atoms with van der Waals surface area (Å²) in [6.07, 6.45) is -0.212. The van der Waals surface area contributed by atoms with Gasteiger partial charge in [-0.3, -0.25) is 10.5 Å². The minimum Gasteiger partial charge on any atom is -0.508 e. The van der Waals surface area contributed by atoms with E-state index >= 15 is 0 Å². The Morgan fingerprint density at radius 3 is 2.20 bits per heavy atom. The molecule has 1 heterocycles. The molecule has 0 spiro atoms. The number of nitrogens with two attached hydrogens (primary N) is 2. The molecule has 0 radical (unpaired) electrons. The second kappa shape index (κ2) is 9.49.